The lowest BCUT2D eigenvalue weighted by Crippen LogP contribution is -2.24. The molecule has 0 saturated heterocycles. The van der Waals surface area contributed by atoms with Gasteiger partial charge in [-0.3, -0.25) is 0 Å². The number of hydrogen-bond donors (Lipinski definition) is 2. The molecule has 2 N–H and O–H groups in total. The van der Waals surface area contributed by atoms with Crippen LogP contribution in [0.4, 0.5) is 0 Å². The van der Waals surface area contributed by atoms with Crippen molar-refractivity contribution in [2.45, 2.75) is 13.0 Å². The lowest BCUT2D eigenvalue weighted by Gasteiger charge is -2.06. The summed E-state index contributed by atoms with van der Waals surface area (Å²) >= 11 is 5.82. The van der Waals surface area contributed by atoms with Crippen molar-refractivity contribution >= 4 is 11.6 Å². The molecule has 0 aliphatic rings. The molecule has 1 aromatic carbocycles. The normalized spacial score (nSPS) is 10.7. The summed E-state index contributed by atoms with van der Waals surface area (Å²) < 4.78 is 4.95. The summed E-state index contributed by atoms with van der Waals surface area (Å²) in [6, 6.07) is 7.94. The second kappa shape index (κ2) is 9.42. The molecule has 0 radical (unpaired) electrons. The van der Waals surface area contributed by atoms with Gasteiger partial charge in [0.1, 0.15) is 0 Å². The molecule has 0 amide bonds. The van der Waals surface area contributed by atoms with E-state index in [1.165, 1.54) is 5.56 Å². The van der Waals surface area contributed by atoms with Crippen molar-refractivity contribution in [3.05, 3.63) is 34.9 Å². The summed E-state index contributed by atoms with van der Waals surface area (Å²) in [5.41, 5.74) is 1.27. The van der Waals surface area contributed by atoms with Gasteiger partial charge in [-0.05, 0) is 37.2 Å². The van der Waals surface area contributed by atoms with Crippen LogP contribution in [0.25, 0.3) is 0 Å². The Hall–Kier alpha value is -0.610. The van der Waals surface area contributed by atoms with Gasteiger partial charge < -0.3 is 15.4 Å². The van der Waals surface area contributed by atoms with Gasteiger partial charge in [0.2, 0.25) is 0 Å². The van der Waals surface area contributed by atoms with Gasteiger partial charge >= 0.3 is 0 Å². The second-order valence-electron chi connectivity index (χ2n) is 3.90. The maximum Gasteiger partial charge on any atom is 0.0587 e. The van der Waals surface area contributed by atoms with E-state index in [1.54, 1.807) is 7.11 Å². The summed E-state index contributed by atoms with van der Waals surface area (Å²) in [5.74, 6) is 0. The highest BCUT2D eigenvalue weighted by molar-refractivity contribution is 6.30. The molecule has 1 aromatic rings. The Morgan fingerprint density at radius 1 is 1.06 bits per heavy atom. The van der Waals surface area contributed by atoms with E-state index in [0.29, 0.717) is 0 Å². The Bertz CT molecular complexity index is 290. The quantitative estimate of drug-likeness (QED) is 0.664. The molecule has 0 spiro atoms. The number of halogens is 1. The SMILES string of the molecule is COCCNCCCNCc1ccc(Cl)cc1. The second-order valence-corrected chi connectivity index (χ2v) is 4.34. The van der Waals surface area contributed by atoms with Crippen LogP contribution >= 0.6 is 11.6 Å². The maximum absolute atomic E-state index is 5.82. The molecular weight excluding hydrogens is 236 g/mol. The monoisotopic (exact) mass is 256 g/mol. The standard InChI is InChI=1S/C13H21ClN2O/c1-17-10-9-15-7-2-8-16-11-12-3-5-13(14)6-4-12/h3-6,15-16H,2,7-11H2,1H3. The highest BCUT2D eigenvalue weighted by Gasteiger charge is 1.93. The zero-order valence-corrected chi connectivity index (χ0v) is 11.1. The van der Waals surface area contributed by atoms with Crippen LogP contribution in [0.2, 0.25) is 5.02 Å². The van der Waals surface area contributed by atoms with Crippen LogP contribution in [0.3, 0.4) is 0 Å². The molecule has 0 fully saturated rings. The van der Waals surface area contributed by atoms with E-state index in [9.17, 15) is 0 Å². The molecule has 0 aliphatic carbocycles. The molecule has 0 saturated carbocycles. The Kier molecular flexibility index (Phi) is 8.01. The molecule has 96 valence electrons. The zero-order valence-electron chi connectivity index (χ0n) is 10.3. The van der Waals surface area contributed by atoms with E-state index in [-0.39, 0.29) is 0 Å². The van der Waals surface area contributed by atoms with Crippen LogP contribution in [0.5, 0.6) is 0 Å². The molecule has 1 rings (SSSR count). The first-order valence-electron chi connectivity index (χ1n) is 5.98. The Balaban J connectivity index is 1.95. The van der Waals surface area contributed by atoms with E-state index in [2.05, 4.69) is 10.6 Å². The fourth-order valence-corrected chi connectivity index (χ4v) is 1.60. The predicted octanol–water partition coefficient (Wildman–Crippen LogP) is 2.06. The average Bonchev–Trinajstić information content (AvgIpc) is 2.35. The van der Waals surface area contributed by atoms with E-state index < -0.39 is 0 Å². The number of ether oxygens (including phenoxy) is 1. The fraction of sp³-hybridized carbons (Fsp3) is 0.538. The Morgan fingerprint density at radius 2 is 1.76 bits per heavy atom. The Morgan fingerprint density at radius 3 is 2.47 bits per heavy atom. The first kappa shape index (κ1) is 14.5. The van der Waals surface area contributed by atoms with Gasteiger partial charge in [-0.15, -0.1) is 0 Å². The van der Waals surface area contributed by atoms with Crippen molar-refractivity contribution in [2.24, 2.45) is 0 Å². The van der Waals surface area contributed by atoms with Crippen molar-refractivity contribution in [3.8, 4) is 0 Å². The van der Waals surface area contributed by atoms with Gasteiger partial charge in [-0.2, -0.15) is 0 Å². The van der Waals surface area contributed by atoms with Crippen LogP contribution in [0.15, 0.2) is 24.3 Å². The largest absolute Gasteiger partial charge is 0.383 e. The molecule has 3 nitrogen and oxygen atoms in total. The minimum Gasteiger partial charge on any atom is -0.383 e. The smallest absolute Gasteiger partial charge is 0.0587 e. The highest BCUT2D eigenvalue weighted by atomic mass is 35.5. The maximum atomic E-state index is 5.82. The van der Waals surface area contributed by atoms with Gasteiger partial charge in [-0.25, -0.2) is 0 Å². The van der Waals surface area contributed by atoms with Crippen LogP contribution in [0, 0.1) is 0 Å². The third kappa shape index (κ3) is 7.34. The third-order valence-corrected chi connectivity index (χ3v) is 2.68. The summed E-state index contributed by atoms with van der Waals surface area (Å²) in [4.78, 5) is 0. The lowest BCUT2D eigenvalue weighted by atomic mass is 10.2. The highest BCUT2D eigenvalue weighted by Crippen LogP contribution is 2.08. The molecule has 17 heavy (non-hydrogen) atoms. The van der Waals surface area contributed by atoms with Crippen LogP contribution < -0.4 is 10.6 Å². The topological polar surface area (TPSA) is 33.3 Å². The predicted molar refractivity (Wildman–Crippen MR) is 72.5 cm³/mol. The minimum atomic E-state index is 0.776. The van der Waals surface area contributed by atoms with E-state index in [1.807, 2.05) is 24.3 Å². The van der Waals surface area contributed by atoms with Crippen LogP contribution in [-0.2, 0) is 11.3 Å². The van der Waals surface area contributed by atoms with Crippen molar-refractivity contribution in [1.82, 2.24) is 10.6 Å². The molecule has 0 unspecified atom stereocenters. The third-order valence-electron chi connectivity index (χ3n) is 2.43. The number of rotatable bonds is 9. The fourth-order valence-electron chi connectivity index (χ4n) is 1.47. The lowest BCUT2D eigenvalue weighted by molar-refractivity contribution is 0.199. The molecule has 0 heterocycles. The van der Waals surface area contributed by atoms with Crippen molar-refractivity contribution < 1.29 is 4.74 Å². The van der Waals surface area contributed by atoms with Gasteiger partial charge in [0.15, 0.2) is 0 Å². The molecule has 4 heteroatoms. The van der Waals surface area contributed by atoms with E-state index >= 15 is 0 Å². The summed E-state index contributed by atoms with van der Waals surface area (Å²) in [7, 11) is 1.72. The van der Waals surface area contributed by atoms with Crippen LogP contribution in [0.1, 0.15) is 12.0 Å². The summed E-state index contributed by atoms with van der Waals surface area (Å²) in [5, 5.41) is 7.50. The molecule has 0 bridgehead atoms. The number of hydrogen-bond acceptors (Lipinski definition) is 3. The molecule has 0 aromatic heterocycles. The van der Waals surface area contributed by atoms with Gasteiger partial charge in [0.05, 0.1) is 6.61 Å². The van der Waals surface area contributed by atoms with E-state index in [0.717, 1.165) is 44.2 Å². The van der Waals surface area contributed by atoms with Crippen molar-refractivity contribution in [3.63, 3.8) is 0 Å². The first-order valence-corrected chi connectivity index (χ1v) is 6.35. The van der Waals surface area contributed by atoms with Gasteiger partial charge in [-0.1, -0.05) is 23.7 Å². The first-order chi connectivity index (χ1) is 8.33. The van der Waals surface area contributed by atoms with Crippen LogP contribution in [-0.4, -0.2) is 33.4 Å². The zero-order chi connectivity index (χ0) is 12.3. The average molecular weight is 257 g/mol. The minimum absolute atomic E-state index is 0.776. The number of methoxy groups -OCH3 is 1. The number of nitrogens with one attached hydrogen (secondary N) is 2. The molecular formula is C13H21ClN2O. The van der Waals surface area contributed by atoms with Gasteiger partial charge in [0.25, 0.3) is 0 Å². The van der Waals surface area contributed by atoms with E-state index in [4.69, 9.17) is 16.3 Å². The number of benzene rings is 1. The van der Waals surface area contributed by atoms with Crippen molar-refractivity contribution in [1.29, 1.82) is 0 Å². The van der Waals surface area contributed by atoms with Crippen molar-refractivity contribution in [2.75, 3.05) is 33.4 Å². The van der Waals surface area contributed by atoms with Gasteiger partial charge in [0, 0.05) is 25.2 Å². The summed E-state index contributed by atoms with van der Waals surface area (Å²) in [6.45, 7) is 4.64. The molecule has 0 atom stereocenters. The Labute approximate surface area is 109 Å². The summed E-state index contributed by atoms with van der Waals surface area (Å²) in [6.07, 6.45) is 1.12. The molecule has 0 aliphatic heterocycles.